The molecule has 104 valence electrons. The highest BCUT2D eigenvalue weighted by atomic mass is 79.9. The van der Waals surface area contributed by atoms with Crippen molar-refractivity contribution in [1.82, 2.24) is 5.32 Å². The van der Waals surface area contributed by atoms with Crippen molar-refractivity contribution >= 4 is 15.9 Å². The smallest absolute Gasteiger partial charge is 0.123 e. The second-order valence-electron chi connectivity index (χ2n) is 4.44. The van der Waals surface area contributed by atoms with Crippen molar-refractivity contribution in [3.05, 3.63) is 28.2 Å². The molecule has 19 heavy (non-hydrogen) atoms. The molecule has 0 heterocycles. The second kappa shape index (κ2) is 9.89. The van der Waals surface area contributed by atoms with Gasteiger partial charge in [0, 0.05) is 23.0 Å². The molecule has 0 fully saturated rings. The molecule has 0 saturated carbocycles. The van der Waals surface area contributed by atoms with Crippen LogP contribution in [0.2, 0.25) is 0 Å². The average Bonchev–Trinajstić information content (AvgIpc) is 2.42. The predicted molar refractivity (Wildman–Crippen MR) is 84.3 cm³/mol. The molecular formula is C16H22BrNO. The van der Waals surface area contributed by atoms with Crippen LogP contribution < -0.4 is 10.1 Å². The molecule has 1 aromatic rings. The van der Waals surface area contributed by atoms with E-state index >= 15 is 0 Å². The summed E-state index contributed by atoms with van der Waals surface area (Å²) < 4.78 is 6.83. The van der Waals surface area contributed by atoms with Crippen molar-refractivity contribution < 1.29 is 4.74 Å². The van der Waals surface area contributed by atoms with Gasteiger partial charge in [-0.1, -0.05) is 22.9 Å². The van der Waals surface area contributed by atoms with Gasteiger partial charge in [0.1, 0.15) is 5.75 Å². The summed E-state index contributed by atoms with van der Waals surface area (Å²) in [5, 5.41) is 3.44. The van der Waals surface area contributed by atoms with Gasteiger partial charge in [-0.15, -0.1) is 12.3 Å². The minimum atomic E-state index is 0.761. The van der Waals surface area contributed by atoms with Crippen LogP contribution in [0, 0.1) is 12.3 Å². The van der Waals surface area contributed by atoms with Crippen molar-refractivity contribution in [2.24, 2.45) is 0 Å². The number of halogens is 1. The van der Waals surface area contributed by atoms with Crippen molar-refractivity contribution in [3.8, 4) is 18.1 Å². The summed E-state index contributed by atoms with van der Waals surface area (Å²) in [7, 11) is 0. The van der Waals surface area contributed by atoms with Crippen LogP contribution in [0.4, 0.5) is 0 Å². The van der Waals surface area contributed by atoms with E-state index in [9.17, 15) is 0 Å². The number of nitrogens with one attached hydrogen (secondary N) is 1. The maximum Gasteiger partial charge on any atom is 0.123 e. The first-order valence-electron chi connectivity index (χ1n) is 6.83. The number of hydrogen-bond donors (Lipinski definition) is 1. The Kier molecular flexibility index (Phi) is 8.36. The molecule has 0 aromatic heterocycles. The largest absolute Gasteiger partial charge is 0.493 e. The summed E-state index contributed by atoms with van der Waals surface area (Å²) in [5.74, 6) is 3.64. The van der Waals surface area contributed by atoms with Gasteiger partial charge in [-0.05, 0) is 44.0 Å². The van der Waals surface area contributed by atoms with Gasteiger partial charge in [0.15, 0.2) is 0 Å². The fourth-order valence-electron chi connectivity index (χ4n) is 1.74. The van der Waals surface area contributed by atoms with Crippen LogP contribution in [0.5, 0.6) is 5.75 Å². The zero-order valence-corrected chi connectivity index (χ0v) is 13.1. The molecule has 0 spiro atoms. The van der Waals surface area contributed by atoms with Gasteiger partial charge in [-0.2, -0.15) is 0 Å². The number of ether oxygens (including phenoxy) is 1. The predicted octanol–water partition coefficient (Wildman–Crippen LogP) is 4.13. The first-order chi connectivity index (χ1) is 9.27. The molecule has 0 radical (unpaired) electrons. The highest BCUT2D eigenvalue weighted by Crippen LogP contribution is 2.23. The summed E-state index contributed by atoms with van der Waals surface area (Å²) in [6, 6.07) is 6.15. The van der Waals surface area contributed by atoms with Gasteiger partial charge >= 0.3 is 0 Å². The lowest BCUT2D eigenvalue weighted by atomic mass is 10.2. The van der Waals surface area contributed by atoms with Crippen LogP contribution in [0.15, 0.2) is 22.7 Å². The average molecular weight is 324 g/mol. The Morgan fingerprint density at radius 2 is 2.21 bits per heavy atom. The summed E-state index contributed by atoms with van der Waals surface area (Å²) in [5.41, 5.74) is 1.19. The molecular weight excluding hydrogens is 302 g/mol. The molecule has 0 aliphatic heterocycles. The topological polar surface area (TPSA) is 21.3 Å². The van der Waals surface area contributed by atoms with E-state index in [-0.39, 0.29) is 0 Å². The van der Waals surface area contributed by atoms with Crippen LogP contribution in [0.1, 0.15) is 38.2 Å². The summed E-state index contributed by atoms with van der Waals surface area (Å²) in [4.78, 5) is 0. The van der Waals surface area contributed by atoms with Crippen LogP contribution in [0.25, 0.3) is 0 Å². The molecule has 0 aliphatic rings. The Bertz CT molecular complexity index is 412. The third-order valence-corrected chi connectivity index (χ3v) is 3.22. The fourth-order valence-corrected chi connectivity index (χ4v) is 2.15. The normalized spacial score (nSPS) is 10.2. The van der Waals surface area contributed by atoms with Crippen LogP contribution >= 0.6 is 15.9 Å². The van der Waals surface area contributed by atoms with Crippen molar-refractivity contribution in [2.75, 3.05) is 13.2 Å². The highest BCUT2D eigenvalue weighted by Gasteiger charge is 2.04. The zero-order chi connectivity index (χ0) is 13.9. The lowest BCUT2D eigenvalue weighted by molar-refractivity contribution is 0.313. The Morgan fingerprint density at radius 3 is 2.95 bits per heavy atom. The first-order valence-corrected chi connectivity index (χ1v) is 7.62. The summed E-state index contributed by atoms with van der Waals surface area (Å²) in [6.45, 7) is 4.69. The highest BCUT2D eigenvalue weighted by molar-refractivity contribution is 9.10. The minimum absolute atomic E-state index is 0.761. The second-order valence-corrected chi connectivity index (χ2v) is 5.35. The summed E-state index contributed by atoms with van der Waals surface area (Å²) >= 11 is 3.50. The quantitative estimate of drug-likeness (QED) is 0.545. The molecule has 0 atom stereocenters. The third-order valence-electron chi connectivity index (χ3n) is 2.72. The van der Waals surface area contributed by atoms with E-state index in [2.05, 4.69) is 40.2 Å². The molecule has 1 rings (SSSR count). The van der Waals surface area contributed by atoms with Crippen LogP contribution in [-0.2, 0) is 6.54 Å². The number of unbranched alkanes of at least 4 members (excludes halogenated alkanes) is 2. The lowest BCUT2D eigenvalue weighted by Gasteiger charge is -2.12. The Labute approximate surface area is 125 Å². The van der Waals surface area contributed by atoms with Crippen LogP contribution in [0.3, 0.4) is 0 Å². The van der Waals surface area contributed by atoms with Gasteiger partial charge < -0.3 is 10.1 Å². The van der Waals surface area contributed by atoms with Gasteiger partial charge in [0.25, 0.3) is 0 Å². The van der Waals surface area contributed by atoms with Crippen molar-refractivity contribution in [2.45, 2.75) is 39.2 Å². The Hall–Kier alpha value is -0.980. The van der Waals surface area contributed by atoms with E-state index in [4.69, 9.17) is 11.2 Å². The maximum atomic E-state index is 5.75. The third kappa shape index (κ3) is 6.66. The first kappa shape index (κ1) is 16.1. The monoisotopic (exact) mass is 323 g/mol. The van der Waals surface area contributed by atoms with E-state index in [1.165, 1.54) is 5.56 Å². The standard InChI is InChI=1S/C16H22BrNO/c1-3-5-6-7-10-18-13-14-12-15(17)8-9-16(14)19-11-4-2/h1,8-9,12,18H,4-7,10-11,13H2,2H3. The van der Waals surface area contributed by atoms with Gasteiger partial charge in [-0.25, -0.2) is 0 Å². The lowest BCUT2D eigenvalue weighted by Crippen LogP contribution is -2.15. The molecule has 3 heteroatoms. The maximum absolute atomic E-state index is 5.75. The van der Waals surface area contributed by atoms with Crippen LogP contribution in [-0.4, -0.2) is 13.2 Å². The molecule has 0 aliphatic carbocycles. The molecule has 0 saturated heterocycles. The molecule has 2 nitrogen and oxygen atoms in total. The SMILES string of the molecule is C#CCCCCNCc1cc(Br)ccc1OCCC. The van der Waals surface area contributed by atoms with E-state index in [1.54, 1.807) is 0 Å². The molecule has 0 amide bonds. The Balaban J connectivity index is 2.42. The van der Waals surface area contributed by atoms with E-state index in [0.29, 0.717) is 0 Å². The number of hydrogen-bond acceptors (Lipinski definition) is 2. The Morgan fingerprint density at radius 1 is 1.37 bits per heavy atom. The van der Waals surface area contributed by atoms with Crippen molar-refractivity contribution in [1.29, 1.82) is 0 Å². The molecule has 0 unspecified atom stereocenters. The van der Waals surface area contributed by atoms with E-state index in [0.717, 1.165) is 55.6 Å². The fraction of sp³-hybridized carbons (Fsp3) is 0.500. The van der Waals surface area contributed by atoms with E-state index in [1.807, 2.05) is 12.1 Å². The summed E-state index contributed by atoms with van der Waals surface area (Å²) in [6.07, 6.45) is 9.31. The van der Waals surface area contributed by atoms with Gasteiger partial charge in [0.05, 0.1) is 6.61 Å². The number of benzene rings is 1. The van der Waals surface area contributed by atoms with Gasteiger partial charge in [-0.3, -0.25) is 0 Å². The van der Waals surface area contributed by atoms with Crippen molar-refractivity contribution in [3.63, 3.8) is 0 Å². The molecule has 1 N–H and O–H groups in total. The number of rotatable bonds is 9. The number of terminal acetylenes is 1. The van der Waals surface area contributed by atoms with E-state index < -0.39 is 0 Å². The zero-order valence-electron chi connectivity index (χ0n) is 11.5. The molecule has 1 aromatic carbocycles. The molecule has 0 bridgehead atoms. The minimum Gasteiger partial charge on any atom is -0.493 e. The van der Waals surface area contributed by atoms with Gasteiger partial charge in [0.2, 0.25) is 0 Å².